The average Bonchev–Trinajstić information content (AvgIpc) is 1.69. The van der Waals surface area contributed by atoms with Crippen LogP contribution in [-0.4, -0.2) is 6.54 Å². The zero-order valence-corrected chi connectivity index (χ0v) is 4.28. The molecular weight excluding hydrogens is 88.1 g/mol. The molecule has 7 heavy (non-hydrogen) atoms. The lowest BCUT2D eigenvalue weighted by atomic mass is 10.2. The van der Waals surface area contributed by atoms with Crippen molar-refractivity contribution in [3.05, 3.63) is 11.9 Å². The van der Waals surface area contributed by atoms with Gasteiger partial charge in [-0.25, -0.2) is 0 Å². The minimum absolute atomic E-state index is 0.839. The Bertz CT molecular complexity index is 86.1. The maximum Gasteiger partial charge on any atom is 0.0918 e. The van der Waals surface area contributed by atoms with Gasteiger partial charge >= 0.3 is 0 Å². The fourth-order valence-corrected chi connectivity index (χ4v) is 0.665. The summed E-state index contributed by atoms with van der Waals surface area (Å²) in [6.07, 6.45) is 4.38. The molecule has 0 unspecified atom stereocenters. The summed E-state index contributed by atoms with van der Waals surface area (Å²) in [6, 6.07) is 0. The molecule has 0 aliphatic carbocycles. The van der Waals surface area contributed by atoms with Crippen LogP contribution in [0.4, 0.5) is 0 Å². The van der Waals surface area contributed by atoms with E-state index in [4.69, 9.17) is 5.73 Å². The van der Waals surface area contributed by atoms with Crippen molar-refractivity contribution in [3.8, 4) is 0 Å². The Balaban J connectivity index is 2.40. The molecule has 0 aromatic heterocycles. The molecule has 0 bridgehead atoms. The van der Waals surface area contributed by atoms with Gasteiger partial charge in [-0.2, -0.15) is 0 Å². The van der Waals surface area contributed by atoms with E-state index < -0.39 is 0 Å². The Labute approximate surface area is 43.4 Å². The minimum atomic E-state index is 0.839. The third-order valence-electron chi connectivity index (χ3n) is 1.07. The summed E-state index contributed by atoms with van der Waals surface area (Å²) < 4.78 is 0. The van der Waals surface area contributed by atoms with E-state index in [0.717, 1.165) is 18.8 Å². The fourth-order valence-electron chi connectivity index (χ4n) is 0.665. The first-order chi connectivity index (χ1) is 3.39. The molecule has 1 aliphatic rings. The highest BCUT2D eigenvalue weighted by molar-refractivity contribution is 4.96. The second-order valence-electron chi connectivity index (χ2n) is 1.73. The van der Waals surface area contributed by atoms with E-state index in [1.165, 1.54) is 6.42 Å². The SMILES string of the molecule is NC1=CCCCN1. The van der Waals surface area contributed by atoms with E-state index in [2.05, 4.69) is 5.32 Å². The van der Waals surface area contributed by atoms with Crippen LogP contribution in [0.1, 0.15) is 12.8 Å². The van der Waals surface area contributed by atoms with Crippen LogP contribution in [0.3, 0.4) is 0 Å². The lowest BCUT2D eigenvalue weighted by molar-refractivity contribution is 0.683. The van der Waals surface area contributed by atoms with Crippen LogP contribution in [0.2, 0.25) is 0 Å². The molecule has 0 spiro atoms. The standard InChI is InChI=1S/C5H10N2/c6-5-3-1-2-4-7-5/h3,7H,1-2,4,6H2. The normalized spacial score (nSPS) is 20.3. The quantitative estimate of drug-likeness (QED) is 0.453. The van der Waals surface area contributed by atoms with Gasteiger partial charge in [0, 0.05) is 6.54 Å². The number of allylic oxidation sites excluding steroid dienone is 1. The van der Waals surface area contributed by atoms with Gasteiger partial charge in [-0.15, -0.1) is 0 Å². The third kappa shape index (κ3) is 1.11. The van der Waals surface area contributed by atoms with Gasteiger partial charge in [-0.3, -0.25) is 0 Å². The number of nitrogens with two attached hydrogens (primary N) is 1. The van der Waals surface area contributed by atoms with Crippen molar-refractivity contribution in [1.82, 2.24) is 5.32 Å². The van der Waals surface area contributed by atoms with Crippen LogP contribution < -0.4 is 11.1 Å². The van der Waals surface area contributed by atoms with Gasteiger partial charge < -0.3 is 11.1 Å². The first kappa shape index (κ1) is 4.50. The molecule has 0 amide bonds. The van der Waals surface area contributed by atoms with E-state index in [1.807, 2.05) is 6.08 Å². The molecular formula is C5H10N2. The number of hydrogen-bond acceptors (Lipinski definition) is 2. The lowest BCUT2D eigenvalue weighted by Crippen LogP contribution is -2.23. The Morgan fingerprint density at radius 1 is 1.71 bits per heavy atom. The monoisotopic (exact) mass is 98.1 g/mol. The largest absolute Gasteiger partial charge is 0.386 e. The molecule has 2 nitrogen and oxygen atoms in total. The molecule has 0 aromatic carbocycles. The predicted octanol–water partition coefficient (Wildman–Crippen LogP) is 0.170. The summed E-state index contributed by atoms with van der Waals surface area (Å²) in [5, 5.41) is 3.02. The smallest absolute Gasteiger partial charge is 0.0918 e. The van der Waals surface area contributed by atoms with E-state index in [-0.39, 0.29) is 0 Å². The van der Waals surface area contributed by atoms with E-state index >= 15 is 0 Å². The highest BCUT2D eigenvalue weighted by atomic mass is 15.0. The topological polar surface area (TPSA) is 38.0 Å². The van der Waals surface area contributed by atoms with Crippen LogP contribution in [0.5, 0.6) is 0 Å². The molecule has 0 fully saturated rings. The van der Waals surface area contributed by atoms with Gasteiger partial charge in [0.1, 0.15) is 0 Å². The summed E-state index contributed by atoms with van der Waals surface area (Å²) in [5.74, 6) is 0.839. The first-order valence-electron chi connectivity index (χ1n) is 2.59. The molecule has 0 atom stereocenters. The molecule has 1 heterocycles. The molecule has 0 saturated heterocycles. The molecule has 1 rings (SSSR count). The van der Waals surface area contributed by atoms with Gasteiger partial charge in [0.15, 0.2) is 0 Å². The van der Waals surface area contributed by atoms with E-state index in [9.17, 15) is 0 Å². The van der Waals surface area contributed by atoms with Crippen molar-refractivity contribution >= 4 is 0 Å². The van der Waals surface area contributed by atoms with Gasteiger partial charge in [-0.05, 0) is 18.9 Å². The summed E-state index contributed by atoms with van der Waals surface area (Å²) in [7, 11) is 0. The van der Waals surface area contributed by atoms with Gasteiger partial charge in [0.25, 0.3) is 0 Å². The Morgan fingerprint density at radius 3 is 2.86 bits per heavy atom. The lowest BCUT2D eigenvalue weighted by Gasteiger charge is -2.09. The zero-order valence-electron chi connectivity index (χ0n) is 4.28. The van der Waals surface area contributed by atoms with Gasteiger partial charge in [-0.1, -0.05) is 0 Å². The van der Waals surface area contributed by atoms with Crippen LogP contribution >= 0.6 is 0 Å². The summed E-state index contributed by atoms with van der Waals surface area (Å²) >= 11 is 0. The Hall–Kier alpha value is -0.660. The van der Waals surface area contributed by atoms with Crippen LogP contribution in [0.25, 0.3) is 0 Å². The molecule has 1 aliphatic heterocycles. The number of nitrogens with one attached hydrogen (secondary N) is 1. The predicted molar refractivity (Wildman–Crippen MR) is 29.5 cm³/mol. The Morgan fingerprint density at radius 2 is 2.57 bits per heavy atom. The summed E-state index contributed by atoms with van der Waals surface area (Å²) in [6.45, 7) is 1.04. The van der Waals surface area contributed by atoms with E-state index in [1.54, 1.807) is 0 Å². The fraction of sp³-hybridized carbons (Fsp3) is 0.600. The molecule has 0 radical (unpaired) electrons. The highest BCUT2D eigenvalue weighted by Gasteiger charge is 1.93. The maximum atomic E-state index is 5.38. The molecule has 2 heteroatoms. The molecule has 3 N–H and O–H groups in total. The van der Waals surface area contributed by atoms with Crippen LogP contribution in [0, 0.1) is 0 Å². The summed E-state index contributed by atoms with van der Waals surface area (Å²) in [4.78, 5) is 0. The first-order valence-corrected chi connectivity index (χ1v) is 2.59. The average molecular weight is 98.1 g/mol. The van der Waals surface area contributed by atoms with Gasteiger partial charge in [0.2, 0.25) is 0 Å². The zero-order chi connectivity index (χ0) is 5.11. The second-order valence-corrected chi connectivity index (χ2v) is 1.73. The highest BCUT2D eigenvalue weighted by Crippen LogP contribution is 1.96. The van der Waals surface area contributed by atoms with Crippen molar-refractivity contribution in [2.75, 3.05) is 6.54 Å². The second kappa shape index (κ2) is 1.87. The maximum absolute atomic E-state index is 5.38. The number of rotatable bonds is 0. The van der Waals surface area contributed by atoms with E-state index in [0.29, 0.717) is 0 Å². The molecule has 0 aromatic rings. The number of hydrogen-bond donors (Lipinski definition) is 2. The molecule has 0 saturated carbocycles. The van der Waals surface area contributed by atoms with Crippen LogP contribution in [0.15, 0.2) is 11.9 Å². The van der Waals surface area contributed by atoms with Gasteiger partial charge in [0.05, 0.1) is 5.82 Å². The minimum Gasteiger partial charge on any atom is -0.386 e. The van der Waals surface area contributed by atoms with Crippen molar-refractivity contribution in [1.29, 1.82) is 0 Å². The Kier molecular flexibility index (Phi) is 1.20. The van der Waals surface area contributed by atoms with Crippen molar-refractivity contribution < 1.29 is 0 Å². The summed E-state index contributed by atoms with van der Waals surface area (Å²) in [5.41, 5.74) is 5.38. The molecule has 40 valence electrons. The van der Waals surface area contributed by atoms with Crippen molar-refractivity contribution in [3.63, 3.8) is 0 Å². The van der Waals surface area contributed by atoms with Crippen molar-refractivity contribution in [2.45, 2.75) is 12.8 Å². The van der Waals surface area contributed by atoms with Crippen molar-refractivity contribution in [2.24, 2.45) is 5.73 Å². The third-order valence-corrected chi connectivity index (χ3v) is 1.07. The van der Waals surface area contributed by atoms with Crippen LogP contribution in [-0.2, 0) is 0 Å².